The number of rotatable bonds is 4. The Bertz CT molecular complexity index is 659. The van der Waals surface area contributed by atoms with Gasteiger partial charge in [0.05, 0.1) is 11.0 Å². The van der Waals surface area contributed by atoms with E-state index in [-0.39, 0.29) is 5.78 Å². The number of piperidine rings is 1. The maximum Gasteiger partial charge on any atom is 0.131 e. The number of aryl methyl sites for hydroxylation is 1. The summed E-state index contributed by atoms with van der Waals surface area (Å²) in [4.78, 5) is 16.2. The average molecular weight is 306 g/mol. The topological polar surface area (TPSA) is 46.9 Å². The zero-order chi connectivity index (χ0) is 14.8. The number of carbonyl (C=O) groups is 1. The van der Waals surface area contributed by atoms with Crippen LogP contribution in [0.5, 0.6) is 0 Å². The van der Waals surface area contributed by atoms with Crippen LogP contribution in [0.2, 0.25) is 5.02 Å². The quantitative estimate of drug-likeness (QED) is 0.944. The van der Waals surface area contributed by atoms with E-state index in [2.05, 4.69) is 9.88 Å². The molecule has 1 N–H and O–H groups in total. The first-order chi connectivity index (χ1) is 10.1. The standard InChI is InChI=1S/C16H20ClN3O/c1-11(21)6-9-20-15-3-2-13(17)10-14(15)19-16(20)12-4-7-18-8-5-12/h2-3,10,12,18H,4-9H2,1H3. The molecular weight excluding hydrogens is 286 g/mol. The first kappa shape index (κ1) is 14.5. The van der Waals surface area contributed by atoms with Crippen LogP contribution in [0.15, 0.2) is 18.2 Å². The van der Waals surface area contributed by atoms with E-state index in [4.69, 9.17) is 16.6 Å². The van der Waals surface area contributed by atoms with Gasteiger partial charge in [-0.05, 0) is 51.1 Å². The molecule has 0 aliphatic carbocycles. The van der Waals surface area contributed by atoms with Gasteiger partial charge in [-0.2, -0.15) is 0 Å². The van der Waals surface area contributed by atoms with E-state index in [9.17, 15) is 4.79 Å². The van der Waals surface area contributed by atoms with Crippen molar-refractivity contribution in [3.63, 3.8) is 0 Å². The molecule has 112 valence electrons. The molecule has 1 aromatic carbocycles. The summed E-state index contributed by atoms with van der Waals surface area (Å²) in [5.74, 6) is 1.78. The fourth-order valence-corrected chi connectivity index (χ4v) is 3.18. The SMILES string of the molecule is CC(=O)CCn1c(C2CCNCC2)nc2cc(Cl)ccc21. The van der Waals surface area contributed by atoms with Crippen molar-refractivity contribution in [1.82, 2.24) is 14.9 Å². The maximum atomic E-state index is 11.4. The van der Waals surface area contributed by atoms with Gasteiger partial charge in [0.2, 0.25) is 0 Å². The Kier molecular flexibility index (Phi) is 4.27. The summed E-state index contributed by atoms with van der Waals surface area (Å²) in [5, 5.41) is 4.09. The number of imidazole rings is 1. The van der Waals surface area contributed by atoms with Gasteiger partial charge in [0, 0.05) is 23.9 Å². The molecule has 1 aliphatic rings. The molecule has 1 saturated heterocycles. The molecule has 0 saturated carbocycles. The van der Waals surface area contributed by atoms with Gasteiger partial charge >= 0.3 is 0 Å². The van der Waals surface area contributed by atoms with E-state index in [1.54, 1.807) is 6.92 Å². The first-order valence-electron chi connectivity index (χ1n) is 7.51. The molecule has 0 spiro atoms. The Balaban J connectivity index is 2.02. The van der Waals surface area contributed by atoms with Crippen molar-refractivity contribution in [3.8, 4) is 0 Å². The van der Waals surface area contributed by atoms with Crippen LogP contribution in [0.3, 0.4) is 0 Å². The van der Waals surface area contributed by atoms with Crippen LogP contribution in [-0.4, -0.2) is 28.4 Å². The summed E-state index contributed by atoms with van der Waals surface area (Å²) in [6.07, 6.45) is 2.74. The van der Waals surface area contributed by atoms with Gasteiger partial charge in [-0.25, -0.2) is 4.98 Å². The largest absolute Gasteiger partial charge is 0.327 e. The van der Waals surface area contributed by atoms with E-state index in [1.165, 1.54) is 0 Å². The van der Waals surface area contributed by atoms with Crippen molar-refractivity contribution in [3.05, 3.63) is 29.0 Å². The Labute approximate surface area is 129 Å². The molecule has 5 heteroatoms. The summed E-state index contributed by atoms with van der Waals surface area (Å²) in [5.41, 5.74) is 2.01. The average Bonchev–Trinajstić information content (AvgIpc) is 2.83. The summed E-state index contributed by atoms with van der Waals surface area (Å²) in [6.45, 7) is 4.40. The van der Waals surface area contributed by atoms with E-state index in [0.29, 0.717) is 23.9 Å². The Morgan fingerprint density at radius 3 is 2.90 bits per heavy atom. The van der Waals surface area contributed by atoms with Crippen LogP contribution in [0.25, 0.3) is 11.0 Å². The van der Waals surface area contributed by atoms with E-state index in [0.717, 1.165) is 42.8 Å². The number of benzene rings is 1. The number of fused-ring (bicyclic) bond motifs is 1. The summed E-state index contributed by atoms with van der Waals surface area (Å²) in [6, 6.07) is 5.81. The molecule has 0 unspecified atom stereocenters. The molecule has 1 fully saturated rings. The number of nitrogens with one attached hydrogen (secondary N) is 1. The van der Waals surface area contributed by atoms with Crippen molar-refractivity contribution in [2.45, 2.75) is 38.6 Å². The maximum absolute atomic E-state index is 11.4. The Morgan fingerprint density at radius 1 is 1.43 bits per heavy atom. The molecule has 0 atom stereocenters. The summed E-state index contributed by atoms with van der Waals surface area (Å²) in [7, 11) is 0. The van der Waals surface area contributed by atoms with Gasteiger partial charge in [-0.15, -0.1) is 0 Å². The van der Waals surface area contributed by atoms with Gasteiger partial charge in [0.15, 0.2) is 0 Å². The Hall–Kier alpha value is -1.39. The second-order valence-corrected chi connectivity index (χ2v) is 6.17. The van der Waals surface area contributed by atoms with Crippen LogP contribution in [-0.2, 0) is 11.3 Å². The van der Waals surface area contributed by atoms with Gasteiger partial charge in [0.1, 0.15) is 11.6 Å². The highest BCUT2D eigenvalue weighted by Crippen LogP contribution is 2.29. The summed E-state index contributed by atoms with van der Waals surface area (Å²) >= 11 is 6.08. The van der Waals surface area contributed by atoms with Crippen molar-refractivity contribution >= 4 is 28.4 Å². The zero-order valence-electron chi connectivity index (χ0n) is 12.2. The van der Waals surface area contributed by atoms with Gasteiger partial charge in [0.25, 0.3) is 0 Å². The molecule has 3 rings (SSSR count). The lowest BCUT2D eigenvalue weighted by Crippen LogP contribution is -2.28. The molecule has 2 aromatic rings. The predicted molar refractivity (Wildman–Crippen MR) is 84.9 cm³/mol. The fourth-order valence-electron chi connectivity index (χ4n) is 3.02. The monoisotopic (exact) mass is 305 g/mol. The highest BCUT2D eigenvalue weighted by Gasteiger charge is 2.22. The van der Waals surface area contributed by atoms with Gasteiger partial charge < -0.3 is 9.88 Å². The normalized spacial score (nSPS) is 16.5. The number of carbonyl (C=O) groups excluding carboxylic acids is 1. The fraction of sp³-hybridized carbons (Fsp3) is 0.500. The van der Waals surface area contributed by atoms with Gasteiger partial charge in [-0.3, -0.25) is 4.79 Å². The third kappa shape index (κ3) is 3.11. The number of nitrogens with zero attached hydrogens (tertiary/aromatic N) is 2. The molecule has 1 aliphatic heterocycles. The first-order valence-corrected chi connectivity index (χ1v) is 7.89. The smallest absolute Gasteiger partial charge is 0.131 e. The molecule has 1 aromatic heterocycles. The van der Waals surface area contributed by atoms with Crippen LogP contribution in [0.4, 0.5) is 0 Å². The third-order valence-electron chi connectivity index (χ3n) is 4.13. The number of halogens is 1. The van der Waals surface area contributed by atoms with E-state index < -0.39 is 0 Å². The third-order valence-corrected chi connectivity index (χ3v) is 4.37. The van der Waals surface area contributed by atoms with Crippen LogP contribution in [0.1, 0.15) is 37.9 Å². The molecule has 0 bridgehead atoms. The number of hydrogen-bond acceptors (Lipinski definition) is 3. The lowest BCUT2D eigenvalue weighted by Gasteiger charge is -2.23. The van der Waals surface area contributed by atoms with Crippen molar-refractivity contribution in [1.29, 1.82) is 0 Å². The highest BCUT2D eigenvalue weighted by molar-refractivity contribution is 6.31. The molecule has 0 radical (unpaired) electrons. The number of ketones is 1. The molecule has 0 amide bonds. The molecular formula is C16H20ClN3O. The Morgan fingerprint density at radius 2 is 2.19 bits per heavy atom. The second kappa shape index (κ2) is 6.16. The highest BCUT2D eigenvalue weighted by atomic mass is 35.5. The van der Waals surface area contributed by atoms with E-state index in [1.807, 2.05) is 18.2 Å². The minimum Gasteiger partial charge on any atom is -0.327 e. The second-order valence-electron chi connectivity index (χ2n) is 5.73. The lowest BCUT2D eigenvalue weighted by atomic mass is 9.97. The number of Topliss-reactive ketones (excluding diaryl/α,β-unsaturated/α-hetero) is 1. The lowest BCUT2D eigenvalue weighted by molar-refractivity contribution is -0.117. The van der Waals surface area contributed by atoms with Gasteiger partial charge in [-0.1, -0.05) is 11.6 Å². The van der Waals surface area contributed by atoms with Crippen LogP contribution in [0, 0.1) is 0 Å². The molecule has 2 heterocycles. The number of hydrogen-bond donors (Lipinski definition) is 1. The van der Waals surface area contributed by atoms with Crippen LogP contribution >= 0.6 is 11.6 Å². The minimum absolute atomic E-state index is 0.210. The van der Waals surface area contributed by atoms with Crippen LogP contribution < -0.4 is 5.32 Å². The minimum atomic E-state index is 0.210. The number of aromatic nitrogens is 2. The zero-order valence-corrected chi connectivity index (χ0v) is 13.0. The predicted octanol–water partition coefficient (Wildman–Crippen LogP) is 3.14. The molecule has 4 nitrogen and oxygen atoms in total. The van der Waals surface area contributed by atoms with Crippen molar-refractivity contribution in [2.75, 3.05) is 13.1 Å². The van der Waals surface area contributed by atoms with E-state index >= 15 is 0 Å². The summed E-state index contributed by atoms with van der Waals surface area (Å²) < 4.78 is 2.21. The van der Waals surface area contributed by atoms with Crippen molar-refractivity contribution < 1.29 is 4.79 Å². The molecule has 21 heavy (non-hydrogen) atoms. The van der Waals surface area contributed by atoms with Crippen molar-refractivity contribution in [2.24, 2.45) is 0 Å².